The molecule has 1 atom stereocenters. The highest BCUT2D eigenvalue weighted by Gasteiger charge is 2.31. The van der Waals surface area contributed by atoms with Gasteiger partial charge in [-0.2, -0.15) is 10.4 Å². The van der Waals surface area contributed by atoms with Crippen molar-refractivity contribution >= 4 is 17.2 Å². The van der Waals surface area contributed by atoms with Crippen LogP contribution in [0.2, 0.25) is 0 Å². The quantitative estimate of drug-likeness (QED) is 0.504. The van der Waals surface area contributed by atoms with E-state index in [4.69, 9.17) is 10.4 Å². The van der Waals surface area contributed by atoms with Crippen molar-refractivity contribution in [3.63, 3.8) is 0 Å². The van der Waals surface area contributed by atoms with E-state index in [1.165, 1.54) is 0 Å². The molecule has 6 nitrogen and oxygen atoms in total. The molecule has 0 radical (unpaired) electrons. The number of hydrogen-bond donors (Lipinski definition) is 2. The monoisotopic (exact) mass is 392 g/mol. The SMILES string of the molecule is N#CCCn1nc(-c2ccccc2)c2c1Nc1ccccc1NC2c1ccccn1. The third-order valence-corrected chi connectivity index (χ3v) is 5.22. The Morgan fingerprint density at radius 3 is 2.47 bits per heavy atom. The Morgan fingerprint density at radius 1 is 0.933 bits per heavy atom. The summed E-state index contributed by atoms with van der Waals surface area (Å²) in [6, 6.07) is 26.2. The van der Waals surface area contributed by atoms with Crippen LogP contribution in [0.3, 0.4) is 0 Å². The maximum Gasteiger partial charge on any atom is 0.135 e. The molecule has 30 heavy (non-hydrogen) atoms. The van der Waals surface area contributed by atoms with Crippen LogP contribution in [-0.4, -0.2) is 14.8 Å². The average molecular weight is 392 g/mol. The number of para-hydroxylation sites is 2. The molecule has 0 saturated heterocycles. The van der Waals surface area contributed by atoms with Crippen molar-refractivity contribution in [3.05, 3.63) is 90.3 Å². The van der Waals surface area contributed by atoms with E-state index in [-0.39, 0.29) is 6.04 Å². The molecule has 0 amide bonds. The summed E-state index contributed by atoms with van der Waals surface area (Å²) in [5, 5.41) is 21.3. The van der Waals surface area contributed by atoms with Crippen LogP contribution in [0.5, 0.6) is 0 Å². The number of rotatable bonds is 4. The molecule has 3 heterocycles. The van der Waals surface area contributed by atoms with E-state index in [9.17, 15) is 0 Å². The van der Waals surface area contributed by atoms with E-state index in [1.54, 1.807) is 0 Å². The van der Waals surface area contributed by atoms with Gasteiger partial charge in [0.25, 0.3) is 0 Å². The van der Waals surface area contributed by atoms with Crippen molar-refractivity contribution in [3.8, 4) is 17.3 Å². The van der Waals surface area contributed by atoms with E-state index in [1.807, 2.05) is 65.5 Å². The summed E-state index contributed by atoms with van der Waals surface area (Å²) in [4.78, 5) is 4.64. The van der Waals surface area contributed by atoms with Gasteiger partial charge < -0.3 is 10.6 Å². The highest BCUT2D eigenvalue weighted by Crippen LogP contribution is 2.43. The fourth-order valence-electron chi connectivity index (χ4n) is 3.85. The molecule has 4 aromatic rings. The minimum absolute atomic E-state index is 0.191. The second-order valence-electron chi connectivity index (χ2n) is 7.11. The first-order valence-electron chi connectivity index (χ1n) is 9.92. The Hall–Kier alpha value is -4.11. The number of pyridine rings is 1. The first-order chi connectivity index (χ1) is 14.8. The summed E-state index contributed by atoms with van der Waals surface area (Å²) < 4.78 is 1.90. The molecule has 146 valence electrons. The van der Waals surface area contributed by atoms with E-state index in [0.29, 0.717) is 13.0 Å². The fourth-order valence-corrected chi connectivity index (χ4v) is 3.85. The topological polar surface area (TPSA) is 78.6 Å². The first kappa shape index (κ1) is 18.0. The van der Waals surface area contributed by atoms with E-state index < -0.39 is 0 Å². The summed E-state index contributed by atoms with van der Waals surface area (Å²) in [6.45, 7) is 0.510. The van der Waals surface area contributed by atoms with Gasteiger partial charge in [0.05, 0.1) is 47.7 Å². The molecule has 1 aliphatic heterocycles. The fraction of sp³-hybridized carbons (Fsp3) is 0.125. The molecule has 0 bridgehead atoms. The van der Waals surface area contributed by atoms with Crippen molar-refractivity contribution in [2.24, 2.45) is 0 Å². The number of benzene rings is 2. The maximum atomic E-state index is 9.16. The van der Waals surface area contributed by atoms with Crippen LogP contribution < -0.4 is 10.6 Å². The largest absolute Gasteiger partial charge is 0.371 e. The first-order valence-corrected chi connectivity index (χ1v) is 9.92. The summed E-state index contributed by atoms with van der Waals surface area (Å²) in [7, 11) is 0. The van der Waals surface area contributed by atoms with Gasteiger partial charge in [-0.25, -0.2) is 4.68 Å². The zero-order valence-electron chi connectivity index (χ0n) is 16.3. The molecule has 2 aromatic heterocycles. The molecule has 2 aromatic carbocycles. The normalized spacial score (nSPS) is 14.4. The van der Waals surface area contributed by atoms with Crippen molar-refractivity contribution in [2.45, 2.75) is 19.0 Å². The van der Waals surface area contributed by atoms with E-state index >= 15 is 0 Å². The standard InChI is InChI=1S/C24H20N6/c25-14-8-16-30-24-21(22(29-30)17-9-2-1-3-10-17)23(20-13-6-7-15-26-20)27-18-11-4-5-12-19(18)28-24/h1-7,9-13,15,23,27-28H,8,16H2. The highest BCUT2D eigenvalue weighted by molar-refractivity contribution is 5.82. The number of nitriles is 1. The maximum absolute atomic E-state index is 9.16. The lowest BCUT2D eigenvalue weighted by atomic mass is 9.98. The lowest BCUT2D eigenvalue weighted by Gasteiger charge is -2.19. The van der Waals surface area contributed by atoms with Gasteiger partial charge in [-0.3, -0.25) is 4.98 Å². The van der Waals surface area contributed by atoms with E-state index in [2.05, 4.69) is 39.9 Å². The lowest BCUT2D eigenvalue weighted by Crippen LogP contribution is -2.13. The molecule has 0 aliphatic carbocycles. The van der Waals surface area contributed by atoms with Gasteiger partial charge in [-0.1, -0.05) is 48.5 Å². The van der Waals surface area contributed by atoms with Gasteiger partial charge in [0.1, 0.15) is 11.5 Å². The number of aromatic nitrogens is 3. The van der Waals surface area contributed by atoms with Gasteiger partial charge in [0.15, 0.2) is 0 Å². The Morgan fingerprint density at radius 2 is 1.70 bits per heavy atom. The number of aryl methyl sites for hydroxylation is 1. The predicted octanol–water partition coefficient (Wildman–Crippen LogP) is 5.12. The van der Waals surface area contributed by atoms with Crippen LogP contribution in [0.25, 0.3) is 11.3 Å². The van der Waals surface area contributed by atoms with Crippen molar-refractivity contribution in [1.82, 2.24) is 14.8 Å². The number of fused-ring (bicyclic) bond motifs is 2. The lowest BCUT2D eigenvalue weighted by molar-refractivity contribution is 0.637. The van der Waals surface area contributed by atoms with Gasteiger partial charge in [-0.05, 0) is 24.3 Å². The van der Waals surface area contributed by atoms with Crippen molar-refractivity contribution < 1.29 is 0 Å². The number of nitrogens with zero attached hydrogens (tertiary/aromatic N) is 4. The van der Waals surface area contributed by atoms with Crippen LogP contribution in [0.1, 0.15) is 23.7 Å². The molecule has 1 aliphatic rings. The minimum Gasteiger partial charge on any atom is -0.371 e. The van der Waals surface area contributed by atoms with Crippen molar-refractivity contribution in [1.29, 1.82) is 5.26 Å². The third kappa shape index (κ3) is 3.16. The summed E-state index contributed by atoms with van der Waals surface area (Å²) >= 11 is 0. The highest BCUT2D eigenvalue weighted by atomic mass is 15.3. The number of hydrogen-bond acceptors (Lipinski definition) is 5. The summed E-state index contributed by atoms with van der Waals surface area (Å²) in [5.74, 6) is 0.886. The summed E-state index contributed by atoms with van der Waals surface area (Å²) in [5.41, 5.74) is 5.81. The van der Waals surface area contributed by atoms with Crippen molar-refractivity contribution in [2.75, 3.05) is 10.6 Å². The summed E-state index contributed by atoms with van der Waals surface area (Å²) in [6.07, 6.45) is 2.19. The van der Waals surface area contributed by atoms with Crippen LogP contribution in [0, 0.1) is 11.3 Å². The van der Waals surface area contributed by atoms with Crippen LogP contribution >= 0.6 is 0 Å². The molecule has 0 fully saturated rings. The molecule has 5 rings (SSSR count). The Balaban J connectivity index is 1.77. The van der Waals surface area contributed by atoms with Gasteiger partial charge in [-0.15, -0.1) is 0 Å². The second-order valence-corrected chi connectivity index (χ2v) is 7.11. The molecule has 0 saturated carbocycles. The Kier molecular flexibility index (Phi) is 4.62. The van der Waals surface area contributed by atoms with Crippen LogP contribution in [0.4, 0.5) is 17.2 Å². The Labute approximate surface area is 174 Å². The Bertz CT molecular complexity index is 1210. The predicted molar refractivity (Wildman–Crippen MR) is 117 cm³/mol. The number of anilines is 3. The molecule has 0 spiro atoms. The zero-order chi connectivity index (χ0) is 20.3. The zero-order valence-corrected chi connectivity index (χ0v) is 16.3. The smallest absolute Gasteiger partial charge is 0.135 e. The molecule has 2 N–H and O–H groups in total. The molecule has 1 unspecified atom stereocenters. The van der Waals surface area contributed by atoms with Crippen LogP contribution in [0.15, 0.2) is 79.0 Å². The second kappa shape index (κ2) is 7.72. The molecule has 6 heteroatoms. The van der Waals surface area contributed by atoms with Gasteiger partial charge in [0.2, 0.25) is 0 Å². The average Bonchev–Trinajstić information content (AvgIpc) is 3.06. The van der Waals surface area contributed by atoms with Crippen LogP contribution in [-0.2, 0) is 6.54 Å². The molecular formula is C24H20N6. The van der Waals surface area contributed by atoms with E-state index in [0.717, 1.165) is 39.7 Å². The number of nitrogens with one attached hydrogen (secondary N) is 2. The minimum atomic E-state index is -0.191. The van der Waals surface area contributed by atoms with Gasteiger partial charge >= 0.3 is 0 Å². The third-order valence-electron chi connectivity index (χ3n) is 5.22. The van der Waals surface area contributed by atoms with Gasteiger partial charge in [0, 0.05) is 11.8 Å². The molecular weight excluding hydrogens is 372 g/mol.